The average Bonchev–Trinajstić information content (AvgIpc) is 3.25. The number of carbonyl (C=O) groups excluding carboxylic acids is 1. The van der Waals surface area contributed by atoms with Gasteiger partial charge in [-0.05, 0) is 12.1 Å². The number of carboxylic acids is 1. The summed E-state index contributed by atoms with van der Waals surface area (Å²) >= 11 is 11.8. The predicted molar refractivity (Wildman–Crippen MR) is 86.0 cm³/mol. The molecule has 1 aliphatic rings. The molecule has 0 saturated carbocycles. The van der Waals surface area contributed by atoms with Crippen molar-refractivity contribution in [3.05, 3.63) is 33.3 Å². The summed E-state index contributed by atoms with van der Waals surface area (Å²) in [6.07, 6.45) is 6.94. The molecule has 1 aromatic carbocycles. The number of benzene rings is 1. The van der Waals surface area contributed by atoms with Crippen LogP contribution >= 0.6 is 23.2 Å². The molecule has 6 nitrogen and oxygen atoms in total. The molecular weight excluding hydrogens is 341 g/mol. The molecule has 23 heavy (non-hydrogen) atoms. The molecule has 2 rings (SSSR count). The second-order valence-corrected chi connectivity index (χ2v) is 5.77. The fourth-order valence-corrected chi connectivity index (χ4v) is 2.68. The molecule has 120 valence electrons. The maximum atomic E-state index is 12.1. The Balaban J connectivity index is 1.98. The number of amides is 1. The number of nitrogens with zero attached hydrogens (tertiary/aromatic N) is 2. The number of carboxylic acid groups (broad SMARTS) is 1. The summed E-state index contributed by atoms with van der Waals surface area (Å²) in [5, 5.41) is 19.5. The highest BCUT2D eigenvalue weighted by Gasteiger charge is 2.38. The standard InChI is InChI=1S/C15H13Cl2N3O3/c1-2-3-6-15(19-20-15)7-8-18-13(21)9-4-5-10(16)11(12(9)17)14(22)23/h1,4-5H,3,6-8H2,(H,18,21)(H,22,23). The van der Waals surface area contributed by atoms with E-state index >= 15 is 0 Å². The minimum atomic E-state index is -1.29. The van der Waals surface area contributed by atoms with Crippen LogP contribution in [0.25, 0.3) is 0 Å². The van der Waals surface area contributed by atoms with Crippen LogP contribution in [-0.2, 0) is 0 Å². The average molecular weight is 354 g/mol. The minimum Gasteiger partial charge on any atom is -0.478 e. The Labute approximate surface area is 142 Å². The molecule has 1 aliphatic heterocycles. The van der Waals surface area contributed by atoms with E-state index in [-0.39, 0.29) is 21.2 Å². The van der Waals surface area contributed by atoms with Gasteiger partial charge in [0.1, 0.15) is 0 Å². The smallest absolute Gasteiger partial charge is 0.338 e. The summed E-state index contributed by atoms with van der Waals surface area (Å²) in [5.41, 5.74) is -0.732. The zero-order valence-electron chi connectivity index (χ0n) is 12.0. The van der Waals surface area contributed by atoms with Gasteiger partial charge in [-0.25, -0.2) is 4.79 Å². The number of hydrogen-bond acceptors (Lipinski definition) is 4. The van der Waals surface area contributed by atoms with Gasteiger partial charge in [0.2, 0.25) is 0 Å². The van der Waals surface area contributed by atoms with Crippen LogP contribution in [0.5, 0.6) is 0 Å². The maximum absolute atomic E-state index is 12.1. The van der Waals surface area contributed by atoms with Crippen molar-refractivity contribution >= 4 is 35.1 Å². The van der Waals surface area contributed by atoms with Gasteiger partial charge >= 0.3 is 5.97 Å². The molecule has 0 spiro atoms. The highest BCUT2D eigenvalue weighted by Crippen LogP contribution is 2.36. The molecule has 0 aromatic heterocycles. The van der Waals surface area contributed by atoms with Crippen LogP contribution in [0, 0.1) is 12.3 Å². The summed E-state index contributed by atoms with van der Waals surface area (Å²) in [6.45, 7) is 0.317. The van der Waals surface area contributed by atoms with E-state index in [0.29, 0.717) is 25.8 Å². The number of hydrogen-bond donors (Lipinski definition) is 2. The predicted octanol–water partition coefficient (Wildman–Crippen LogP) is 3.39. The third kappa shape index (κ3) is 4.01. The van der Waals surface area contributed by atoms with Gasteiger partial charge in [0.25, 0.3) is 5.91 Å². The van der Waals surface area contributed by atoms with Crippen LogP contribution in [-0.4, -0.2) is 29.2 Å². The lowest BCUT2D eigenvalue weighted by atomic mass is 10.0. The van der Waals surface area contributed by atoms with Crippen LogP contribution in [0.15, 0.2) is 22.4 Å². The summed E-state index contributed by atoms with van der Waals surface area (Å²) in [4.78, 5) is 23.3. The number of nitrogens with one attached hydrogen (secondary N) is 1. The minimum absolute atomic E-state index is 0.0251. The quantitative estimate of drug-likeness (QED) is 0.736. The number of aromatic carboxylic acids is 1. The van der Waals surface area contributed by atoms with Crippen molar-refractivity contribution in [2.45, 2.75) is 24.9 Å². The summed E-state index contributed by atoms with van der Waals surface area (Å²) < 4.78 is 0. The van der Waals surface area contributed by atoms with E-state index in [1.807, 2.05) is 0 Å². The van der Waals surface area contributed by atoms with Gasteiger partial charge in [0.05, 0.1) is 21.2 Å². The molecule has 0 saturated heterocycles. The van der Waals surface area contributed by atoms with Crippen LogP contribution in [0.1, 0.15) is 40.0 Å². The Kier molecular flexibility index (Phi) is 5.24. The summed E-state index contributed by atoms with van der Waals surface area (Å²) in [5.74, 6) is 0.748. The van der Waals surface area contributed by atoms with E-state index in [1.165, 1.54) is 12.1 Å². The third-order valence-corrected chi connectivity index (χ3v) is 4.12. The lowest BCUT2D eigenvalue weighted by Crippen LogP contribution is -2.28. The number of terminal acetylenes is 1. The van der Waals surface area contributed by atoms with Crippen molar-refractivity contribution in [3.63, 3.8) is 0 Å². The van der Waals surface area contributed by atoms with E-state index < -0.39 is 17.5 Å². The molecule has 1 amide bonds. The van der Waals surface area contributed by atoms with Gasteiger partial charge in [-0.3, -0.25) is 4.79 Å². The monoisotopic (exact) mass is 353 g/mol. The first kappa shape index (κ1) is 17.3. The molecule has 0 bridgehead atoms. The molecule has 0 unspecified atom stereocenters. The zero-order chi connectivity index (χ0) is 17.0. The molecule has 1 heterocycles. The van der Waals surface area contributed by atoms with Crippen molar-refractivity contribution in [2.75, 3.05) is 6.54 Å². The van der Waals surface area contributed by atoms with Gasteiger partial charge in [0.15, 0.2) is 5.66 Å². The maximum Gasteiger partial charge on any atom is 0.338 e. The van der Waals surface area contributed by atoms with E-state index in [0.717, 1.165) is 0 Å². The summed E-state index contributed by atoms with van der Waals surface area (Å²) in [6, 6.07) is 2.71. The van der Waals surface area contributed by atoms with Crippen molar-refractivity contribution < 1.29 is 14.7 Å². The number of rotatable bonds is 7. The van der Waals surface area contributed by atoms with E-state index in [1.54, 1.807) is 0 Å². The van der Waals surface area contributed by atoms with E-state index in [4.69, 9.17) is 34.7 Å². The number of carbonyl (C=O) groups is 2. The van der Waals surface area contributed by atoms with E-state index in [9.17, 15) is 9.59 Å². The second-order valence-electron chi connectivity index (χ2n) is 4.98. The molecule has 8 heteroatoms. The van der Waals surface area contributed by atoms with Crippen LogP contribution in [0.4, 0.5) is 0 Å². The Morgan fingerprint density at radius 1 is 1.30 bits per heavy atom. The highest BCUT2D eigenvalue weighted by atomic mass is 35.5. The largest absolute Gasteiger partial charge is 0.478 e. The highest BCUT2D eigenvalue weighted by molar-refractivity contribution is 6.41. The lowest BCUT2D eigenvalue weighted by Gasteiger charge is -2.11. The van der Waals surface area contributed by atoms with Gasteiger partial charge in [0, 0.05) is 25.8 Å². The van der Waals surface area contributed by atoms with Crippen molar-refractivity contribution in [1.29, 1.82) is 0 Å². The van der Waals surface area contributed by atoms with Crippen LogP contribution in [0.3, 0.4) is 0 Å². The first-order valence-electron chi connectivity index (χ1n) is 6.77. The van der Waals surface area contributed by atoms with E-state index in [2.05, 4.69) is 21.5 Å². The van der Waals surface area contributed by atoms with Crippen LogP contribution < -0.4 is 5.32 Å². The first-order valence-corrected chi connectivity index (χ1v) is 7.53. The lowest BCUT2D eigenvalue weighted by molar-refractivity contribution is 0.0697. The SMILES string of the molecule is C#CCCC1(CCNC(=O)c2ccc(Cl)c(C(=O)O)c2Cl)N=N1. The van der Waals surface area contributed by atoms with Crippen LogP contribution in [0.2, 0.25) is 10.0 Å². The molecule has 1 aromatic rings. The summed E-state index contributed by atoms with van der Waals surface area (Å²) in [7, 11) is 0. The third-order valence-electron chi connectivity index (χ3n) is 3.41. The first-order chi connectivity index (χ1) is 10.9. The number of halogens is 2. The van der Waals surface area contributed by atoms with Crippen molar-refractivity contribution in [3.8, 4) is 12.3 Å². The molecule has 0 atom stereocenters. The fourth-order valence-electron chi connectivity index (χ4n) is 2.06. The Bertz CT molecular complexity index is 719. The molecule has 2 N–H and O–H groups in total. The van der Waals surface area contributed by atoms with Crippen molar-refractivity contribution in [1.82, 2.24) is 5.32 Å². The Morgan fingerprint density at radius 3 is 2.57 bits per heavy atom. The van der Waals surface area contributed by atoms with Gasteiger partial charge in [-0.2, -0.15) is 10.2 Å². The van der Waals surface area contributed by atoms with Gasteiger partial charge in [-0.15, -0.1) is 12.3 Å². The molecule has 0 aliphatic carbocycles. The second kappa shape index (κ2) is 6.99. The molecular formula is C15H13Cl2N3O3. The molecule has 0 fully saturated rings. The Morgan fingerprint density at radius 2 is 2.00 bits per heavy atom. The van der Waals surface area contributed by atoms with Gasteiger partial charge < -0.3 is 10.4 Å². The zero-order valence-corrected chi connectivity index (χ0v) is 13.5. The Hall–Kier alpha value is -2.10. The molecule has 0 radical (unpaired) electrons. The van der Waals surface area contributed by atoms with Crippen molar-refractivity contribution in [2.24, 2.45) is 10.2 Å². The fraction of sp³-hybridized carbons (Fsp3) is 0.333. The topological polar surface area (TPSA) is 91.1 Å². The van der Waals surface area contributed by atoms with Gasteiger partial charge in [-0.1, -0.05) is 23.2 Å². The normalized spacial score (nSPS) is 14.1.